The summed E-state index contributed by atoms with van der Waals surface area (Å²) in [5.74, 6) is 0. The van der Waals surface area contributed by atoms with Gasteiger partial charge in [-0.25, -0.2) is 14.8 Å². The molecule has 0 saturated carbocycles. The van der Waals surface area contributed by atoms with Gasteiger partial charge in [-0.3, -0.25) is 14.3 Å². The fourth-order valence-electron chi connectivity index (χ4n) is 2.00. The van der Waals surface area contributed by atoms with Gasteiger partial charge in [0.15, 0.2) is 11.2 Å². The molecule has 1 aromatic carbocycles. The Hall–Kier alpha value is -2.21. The van der Waals surface area contributed by atoms with Crippen molar-refractivity contribution in [3.8, 4) is 0 Å². The molecule has 0 aliphatic carbocycles. The third-order valence-electron chi connectivity index (χ3n) is 2.96. The van der Waals surface area contributed by atoms with E-state index in [9.17, 15) is 9.59 Å². The molecule has 1 N–H and O–H groups in total. The quantitative estimate of drug-likeness (QED) is 0.624. The molecule has 3 rings (SSSR count). The number of H-pyrrole nitrogens is 1. The summed E-state index contributed by atoms with van der Waals surface area (Å²) in [7, 11) is 1.53. The Balaban J connectivity index is 2.63. The molecule has 0 atom stereocenters. The van der Waals surface area contributed by atoms with E-state index in [1.54, 1.807) is 12.1 Å². The predicted molar refractivity (Wildman–Crippen MR) is 72.7 cm³/mol. The molecule has 0 saturated heterocycles. The summed E-state index contributed by atoms with van der Waals surface area (Å²) in [5, 5.41) is 0.528. The maximum atomic E-state index is 11.8. The first kappa shape index (κ1) is 11.9. The zero-order valence-electron chi connectivity index (χ0n) is 10.2. The van der Waals surface area contributed by atoms with Crippen molar-refractivity contribution in [3.63, 3.8) is 0 Å². The van der Waals surface area contributed by atoms with Gasteiger partial charge in [0.05, 0.1) is 11.0 Å². The molecule has 0 unspecified atom stereocenters. The van der Waals surface area contributed by atoms with Crippen molar-refractivity contribution < 1.29 is 0 Å². The van der Waals surface area contributed by atoms with E-state index in [0.717, 1.165) is 5.56 Å². The number of fused-ring (bicyclic) bond motifs is 2. The Bertz CT molecular complexity index is 942. The molecule has 3 aromatic rings. The molecule has 0 aliphatic heterocycles. The second-order valence-electron chi connectivity index (χ2n) is 4.30. The average Bonchev–Trinajstić information content (AvgIpc) is 2.34. The van der Waals surface area contributed by atoms with Crippen LogP contribution < -0.4 is 11.2 Å². The van der Waals surface area contributed by atoms with Gasteiger partial charge in [0, 0.05) is 12.1 Å². The van der Waals surface area contributed by atoms with Crippen LogP contribution in [0.3, 0.4) is 0 Å². The lowest BCUT2D eigenvalue weighted by molar-refractivity contribution is 0.827. The van der Waals surface area contributed by atoms with E-state index in [-0.39, 0.29) is 11.2 Å². The summed E-state index contributed by atoms with van der Waals surface area (Å²) in [6, 6.07) is 3.40. The molecule has 2 aromatic heterocycles. The Morgan fingerprint density at radius 3 is 2.68 bits per heavy atom. The van der Waals surface area contributed by atoms with Gasteiger partial charge in [0.25, 0.3) is 5.56 Å². The molecule has 7 heteroatoms. The van der Waals surface area contributed by atoms with Gasteiger partial charge in [0.1, 0.15) is 0 Å². The molecular formula is C12H9ClN4O2. The maximum absolute atomic E-state index is 11.8. The second-order valence-corrected chi connectivity index (χ2v) is 4.74. The molecule has 96 valence electrons. The number of halogens is 1. The predicted octanol–water partition coefficient (Wildman–Crippen LogP) is 1.13. The van der Waals surface area contributed by atoms with Crippen molar-refractivity contribution >= 4 is 33.8 Å². The topological polar surface area (TPSA) is 80.6 Å². The van der Waals surface area contributed by atoms with Crippen molar-refractivity contribution in [2.24, 2.45) is 7.05 Å². The number of nitrogens with zero attached hydrogens (tertiary/aromatic N) is 3. The molecule has 0 spiro atoms. The zero-order valence-corrected chi connectivity index (χ0v) is 10.9. The highest BCUT2D eigenvalue weighted by atomic mass is 35.5. The summed E-state index contributed by atoms with van der Waals surface area (Å²) < 4.78 is 1.26. The van der Waals surface area contributed by atoms with E-state index in [1.807, 2.05) is 6.92 Å². The van der Waals surface area contributed by atoms with E-state index >= 15 is 0 Å². The number of rotatable bonds is 0. The van der Waals surface area contributed by atoms with Gasteiger partial charge >= 0.3 is 5.69 Å². The van der Waals surface area contributed by atoms with Crippen molar-refractivity contribution in [1.82, 2.24) is 19.5 Å². The van der Waals surface area contributed by atoms with Crippen LogP contribution in [0, 0.1) is 6.92 Å². The van der Waals surface area contributed by atoms with Crippen LogP contribution in [-0.2, 0) is 7.05 Å². The van der Waals surface area contributed by atoms with Gasteiger partial charge in [-0.05, 0) is 24.6 Å². The summed E-state index contributed by atoms with van der Waals surface area (Å²) in [5.41, 5.74) is 1.30. The van der Waals surface area contributed by atoms with Crippen LogP contribution in [0.1, 0.15) is 5.56 Å². The molecule has 0 bridgehead atoms. The minimum absolute atomic E-state index is 0.122. The van der Waals surface area contributed by atoms with Gasteiger partial charge in [-0.15, -0.1) is 0 Å². The monoisotopic (exact) mass is 276 g/mol. The van der Waals surface area contributed by atoms with Crippen LogP contribution in [0.2, 0.25) is 5.02 Å². The smallest absolute Gasteiger partial charge is 0.279 e. The molecule has 19 heavy (non-hydrogen) atoms. The fraction of sp³-hybridized carbons (Fsp3) is 0.167. The summed E-state index contributed by atoms with van der Waals surface area (Å²) >= 11 is 5.96. The Morgan fingerprint density at radius 2 is 1.95 bits per heavy atom. The van der Waals surface area contributed by atoms with Crippen molar-refractivity contribution in [2.45, 2.75) is 6.92 Å². The lowest BCUT2D eigenvalue weighted by Crippen LogP contribution is -2.29. The number of aryl methyl sites for hydroxylation is 2. The van der Waals surface area contributed by atoms with Crippen molar-refractivity contribution in [2.75, 3.05) is 0 Å². The standard InChI is InChI=1S/C12H9ClN4O2/c1-5-3-6(13)4-7-8(5)15-10-9(14-7)11(18)16-12(19)17(10)2/h3-4H,1-2H3,(H,16,18,19). The highest BCUT2D eigenvalue weighted by Gasteiger charge is 2.11. The summed E-state index contributed by atoms with van der Waals surface area (Å²) in [4.78, 5) is 34.1. The molecular weight excluding hydrogens is 268 g/mol. The van der Waals surface area contributed by atoms with Gasteiger partial charge in [0.2, 0.25) is 0 Å². The molecule has 0 fully saturated rings. The number of hydrogen-bond acceptors (Lipinski definition) is 4. The Morgan fingerprint density at radius 1 is 1.21 bits per heavy atom. The SMILES string of the molecule is Cc1cc(Cl)cc2nc3c(=O)[nH]c(=O)n(C)c3nc12. The first-order valence-electron chi connectivity index (χ1n) is 5.54. The molecule has 2 heterocycles. The number of aromatic amines is 1. The van der Waals surface area contributed by atoms with E-state index < -0.39 is 11.2 Å². The van der Waals surface area contributed by atoms with Crippen LogP contribution in [-0.4, -0.2) is 19.5 Å². The largest absolute Gasteiger partial charge is 0.329 e. The van der Waals surface area contributed by atoms with E-state index in [2.05, 4.69) is 15.0 Å². The third-order valence-corrected chi connectivity index (χ3v) is 3.18. The highest BCUT2D eigenvalue weighted by molar-refractivity contribution is 6.31. The molecule has 0 aliphatic rings. The van der Waals surface area contributed by atoms with E-state index in [1.165, 1.54) is 11.6 Å². The summed E-state index contributed by atoms with van der Waals surface area (Å²) in [6.07, 6.45) is 0. The van der Waals surface area contributed by atoms with Gasteiger partial charge < -0.3 is 0 Å². The minimum atomic E-state index is -0.551. The van der Waals surface area contributed by atoms with E-state index in [4.69, 9.17) is 11.6 Å². The molecule has 6 nitrogen and oxygen atoms in total. The second kappa shape index (κ2) is 3.89. The zero-order chi connectivity index (χ0) is 13.7. The minimum Gasteiger partial charge on any atom is -0.279 e. The number of hydrogen-bond donors (Lipinski definition) is 1. The first-order valence-corrected chi connectivity index (χ1v) is 5.92. The number of aromatic nitrogens is 4. The maximum Gasteiger partial charge on any atom is 0.329 e. The molecule has 0 radical (unpaired) electrons. The number of nitrogens with one attached hydrogen (secondary N) is 1. The Kier molecular flexibility index (Phi) is 2.43. The first-order chi connectivity index (χ1) is 8.97. The van der Waals surface area contributed by atoms with Crippen molar-refractivity contribution in [3.05, 3.63) is 43.6 Å². The summed E-state index contributed by atoms with van der Waals surface area (Å²) in [6.45, 7) is 1.85. The third kappa shape index (κ3) is 1.72. The van der Waals surface area contributed by atoms with Crippen molar-refractivity contribution in [1.29, 1.82) is 0 Å². The Labute approximate surface area is 111 Å². The molecule has 0 amide bonds. The van der Waals surface area contributed by atoms with Crippen LogP contribution >= 0.6 is 11.6 Å². The van der Waals surface area contributed by atoms with Crippen LogP contribution in [0.5, 0.6) is 0 Å². The normalized spacial score (nSPS) is 11.3. The van der Waals surface area contributed by atoms with Gasteiger partial charge in [-0.1, -0.05) is 11.6 Å². The van der Waals surface area contributed by atoms with E-state index in [0.29, 0.717) is 16.1 Å². The lowest BCUT2D eigenvalue weighted by Gasteiger charge is -2.06. The van der Waals surface area contributed by atoms with Crippen LogP contribution in [0.15, 0.2) is 21.7 Å². The lowest BCUT2D eigenvalue weighted by atomic mass is 10.2. The average molecular weight is 277 g/mol. The van der Waals surface area contributed by atoms with Crippen LogP contribution in [0.4, 0.5) is 0 Å². The fourth-order valence-corrected chi connectivity index (χ4v) is 2.27. The van der Waals surface area contributed by atoms with Gasteiger partial charge in [-0.2, -0.15) is 0 Å². The number of benzene rings is 1. The van der Waals surface area contributed by atoms with Crippen LogP contribution in [0.25, 0.3) is 22.2 Å². The highest BCUT2D eigenvalue weighted by Crippen LogP contribution is 2.21.